The molecular formula is C19H19Cl2N5OS. The van der Waals surface area contributed by atoms with Gasteiger partial charge in [-0.3, -0.25) is 14.1 Å². The topological polar surface area (TPSA) is 53.7 Å². The summed E-state index contributed by atoms with van der Waals surface area (Å²) in [6, 6.07) is 12.0. The van der Waals surface area contributed by atoms with E-state index in [2.05, 4.69) is 39.4 Å². The van der Waals surface area contributed by atoms with Crippen LogP contribution in [0, 0.1) is 0 Å². The van der Waals surface area contributed by atoms with Crippen LogP contribution in [0.25, 0.3) is 5.65 Å². The first-order valence-corrected chi connectivity index (χ1v) is 10.7. The second-order valence-electron chi connectivity index (χ2n) is 6.61. The van der Waals surface area contributed by atoms with Crippen molar-refractivity contribution in [1.82, 2.24) is 24.4 Å². The van der Waals surface area contributed by atoms with Gasteiger partial charge in [-0.05, 0) is 11.6 Å². The average molecular weight is 436 g/mol. The zero-order chi connectivity index (χ0) is 19.5. The van der Waals surface area contributed by atoms with E-state index in [0.717, 1.165) is 32.7 Å². The van der Waals surface area contributed by atoms with E-state index in [1.807, 2.05) is 11.0 Å². The molecule has 0 atom stereocenters. The van der Waals surface area contributed by atoms with Crippen LogP contribution in [0.5, 0.6) is 0 Å². The summed E-state index contributed by atoms with van der Waals surface area (Å²) in [6.45, 7) is 4.16. The van der Waals surface area contributed by atoms with Crippen LogP contribution in [0.4, 0.5) is 0 Å². The molecule has 1 aromatic carbocycles. The Morgan fingerprint density at radius 3 is 2.57 bits per heavy atom. The van der Waals surface area contributed by atoms with Crippen LogP contribution in [0.15, 0.2) is 47.8 Å². The van der Waals surface area contributed by atoms with Gasteiger partial charge in [-0.2, -0.15) is 0 Å². The van der Waals surface area contributed by atoms with Crippen LogP contribution in [0.1, 0.15) is 5.56 Å². The molecule has 9 heteroatoms. The van der Waals surface area contributed by atoms with E-state index in [0.29, 0.717) is 26.6 Å². The van der Waals surface area contributed by atoms with Crippen molar-refractivity contribution in [3.63, 3.8) is 0 Å². The number of fused-ring (bicyclic) bond motifs is 1. The molecule has 0 saturated carbocycles. The molecule has 0 spiro atoms. The molecule has 1 amide bonds. The molecule has 0 radical (unpaired) electrons. The van der Waals surface area contributed by atoms with Crippen molar-refractivity contribution in [3.8, 4) is 0 Å². The first-order chi connectivity index (χ1) is 13.6. The van der Waals surface area contributed by atoms with Gasteiger partial charge in [-0.15, -0.1) is 10.2 Å². The maximum atomic E-state index is 12.6. The molecule has 28 heavy (non-hydrogen) atoms. The number of amides is 1. The fraction of sp³-hybridized carbons (Fsp3) is 0.316. The van der Waals surface area contributed by atoms with E-state index in [9.17, 15) is 4.79 Å². The number of hydrogen-bond acceptors (Lipinski definition) is 5. The molecule has 6 nitrogen and oxygen atoms in total. The van der Waals surface area contributed by atoms with E-state index in [1.54, 1.807) is 16.7 Å². The zero-order valence-corrected chi connectivity index (χ0v) is 17.4. The Morgan fingerprint density at radius 2 is 1.82 bits per heavy atom. The third-order valence-corrected chi connectivity index (χ3v) is 6.11. The number of thioether (sulfide) groups is 1. The first kappa shape index (κ1) is 19.5. The van der Waals surface area contributed by atoms with Crippen LogP contribution in [0.3, 0.4) is 0 Å². The molecule has 0 N–H and O–H groups in total. The Kier molecular flexibility index (Phi) is 6.06. The number of halogens is 2. The molecule has 1 aliphatic rings. The molecule has 1 saturated heterocycles. The predicted octanol–water partition coefficient (Wildman–Crippen LogP) is 3.47. The predicted molar refractivity (Wildman–Crippen MR) is 112 cm³/mol. The van der Waals surface area contributed by atoms with Gasteiger partial charge in [0.05, 0.1) is 15.8 Å². The highest BCUT2D eigenvalue weighted by Crippen LogP contribution is 2.25. The molecule has 0 bridgehead atoms. The molecule has 2 aromatic heterocycles. The third-order valence-electron chi connectivity index (χ3n) is 4.69. The Labute approximate surface area is 177 Å². The van der Waals surface area contributed by atoms with Crippen molar-refractivity contribution >= 4 is 46.5 Å². The van der Waals surface area contributed by atoms with Crippen LogP contribution in [0.2, 0.25) is 10.0 Å². The van der Waals surface area contributed by atoms with Crippen LogP contribution < -0.4 is 0 Å². The minimum atomic E-state index is 0.106. The lowest BCUT2D eigenvalue weighted by Gasteiger charge is -2.34. The van der Waals surface area contributed by atoms with Gasteiger partial charge in [0, 0.05) is 38.9 Å². The van der Waals surface area contributed by atoms with Gasteiger partial charge in [0.2, 0.25) is 5.91 Å². The van der Waals surface area contributed by atoms with Crippen molar-refractivity contribution in [2.45, 2.75) is 11.7 Å². The normalized spacial score (nSPS) is 15.3. The largest absolute Gasteiger partial charge is 0.339 e. The Morgan fingerprint density at radius 1 is 1.07 bits per heavy atom. The SMILES string of the molecule is O=C(CSc1nnc2c(Cl)cc(Cl)cn12)N1CCN(Cc2ccccc2)CC1. The second-order valence-corrected chi connectivity index (χ2v) is 8.40. The number of carbonyl (C=O) groups excluding carboxylic acids is 1. The van der Waals surface area contributed by atoms with E-state index >= 15 is 0 Å². The maximum Gasteiger partial charge on any atom is 0.233 e. The van der Waals surface area contributed by atoms with Crippen molar-refractivity contribution in [1.29, 1.82) is 0 Å². The summed E-state index contributed by atoms with van der Waals surface area (Å²) in [5, 5.41) is 9.74. The third kappa shape index (κ3) is 4.43. The van der Waals surface area contributed by atoms with Gasteiger partial charge in [-0.1, -0.05) is 65.3 Å². The monoisotopic (exact) mass is 435 g/mol. The van der Waals surface area contributed by atoms with Gasteiger partial charge in [0.15, 0.2) is 10.8 Å². The average Bonchev–Trinajstić information content (AvgIpc) is 3.10. The number of hydrogen-bond donors (Lipinski definition) is 0. The fourth-order valence-electron chi connectivity index (χ4n) is 3.22. The highest BCUT2D eigenvalue weighted by atomic mass is 35.5. The van der Waals surface area contributed by atoms with E-state index in [1.165, 1.54) is 17.3 Å². The van der Waals surface area contributed by atoms with Crippen LogP contribution >= 0.6 is 35.0 Å². The highest BCUT2D eigenvalue weighted by molar-refractivity contribution is 7.99. The van der Waals surface area contributed by atoms with Crippen molar-refractivity contribution < 1.29 is 4.79 Å². The lowest BCUT2D eigenvalue weighted by atomic mass is 10.2. The van der Waals surface area contributed by atoms with E-state index < -0.39 is 0 Å². The lowest BCUT2D eigenvalue weighted by molar-refractivity contribution is -0.130. The van der Waals surface area contributed by atoms with Gasteiger partial charge >= 0.3 is 0 Å². The lowest BCUT2D eigenvalue weighted by Crippen LogP contribution is -2.48. The number of carbonyl (C=O) groups is 1. The standard InChI is InChI=1S/C19H19Cl2N5OS/c20-15-10-16(21)18-22-23-19(26(18)12-15)28-13-17(27)25-8-6-24(7-9-25)11-14-4-2-1-3-5-14/h1-5,10,12H,6-9,11,13H2. The molecule has 4 rings (SSSR count). The van der Waals surface area contributed by atoms with Gasteiger partial charge in [0.25, 0.3) is 0 Å². The molecule has 146 valence electrons. The minimum absolute atomic E-state index is 0.106. The fourth-order valence-corrected chi connectivity index (χ4v) is 4.54. The Balaban J connectivity index is 1.31. The zero-order valence-electron chi connectivity index (χ0n) is 15.1. The van der Waals surface area contributed by atoms with E-state index in [4.69, 9.17) is 23.2 Å². The van der Waals surface area contributed by atoms with Crippen LogP contribution in [-0.4, -0.2) is 62.2 Å². The second kappa shape index (κ2) is 8.69. The summed E-state index contributed by atoms with van der Waals surface area (Å²) in [5.74, 6) is 0.415. The summed E-state index contributed by atoms with van der Waals surface area (Å²) in [6.07, 6.45) is 1.71. The molecule has 1 aliphatic heterocycles. The number of rotatable bonds is 5. The molecule has 0 aliphatic carbocycles. The summed E-state index contributed by atoms with van der Waals surface area (Å²) in [7, 11) is 0. The van der Waals surface area contributed by atoms with Crippen molar-refractivity contribution in [2.75, 3.05) is 31.9 Å². The summed E-state index contributed by atoms with van der Waals surface area (Å²) < 4.78 is 1.72. The summed E-state index contributed by atoms with van der Waals surface area (Å²) in [4.78, 5) is 16.9. The molecule has 3 aromatic rings. The molecule has 1 fully saturated rings. The molecule has 3 heterocycles. The molecule has 0 unspecified atom stereocenters. The number of piperazine rings is 1. The number of pyridine rings is 1. The van der Waals surface area contributed by atoms with Crippen molar-refractivity contribution in [3.05, 3.63) is 58.2 Å². The van der Waals surface area contributed by atoms with Crippen molar-refractivity contribution in [2.24, 2.45) is 0 Å². The van der Waals surface area contributed by atoms with Crippen LogP contribution in [-0.2, 0) is 11.3 Å². The summed E-state index contributed by atoms with van der Waals surface area (Å²) >= 11 is 13.5. The number of aromatic nitrogens is 3. The Bertz CT molecular complexity index is 973. The van der Waals surface area contributed by atoms with Gasteiger partial charge < -0.3 is 4.90 Å². The minimum Gasteiger partial charge on any atom is -0.339 e. The molecular weight excluding hydrogens is 417 g/mol. The quantitative estimate of drug-likeness (QED) is 0.574. The highest BCUT2D eigenvalue weighted by Gasteiger charge is 2.22. The van der Waals surface area contributed by atoms with Gasteiger partial charge in [0.1, 0.15) is 0 Å². The van der Waals surface area contributed by atoms with Gasteiger partial charge in [-0.25, -0.2) is 0 Å². The first-order valence-electron chi connectivity index (χ1n) is 8.97. The maximum absolute atomic E-state index is 12.6. The Hall–Kier alpha value is -1.80. The number of benzene rings is 1. The smallest absolute Gasteiger partial charge is 0.233 e. The number of nitrogens with zero attached hydrogens (tertiary/aromatic N) is 5. The summed E-state index contributed by atoms with van der Waals surface area (Å²) in [5.41, 5.74) is 1.84. The van der Waals surface area contributed by atoms with E-state index in [-0.39, 0.29) is 5.91 Å².